The number of hydrogen-bond acceptors (Lipinski definition) is 1. The lowest BCUT2D eigenvalue weighted by Gasteiger charge is -2.12. The third-order valence-corrected chi connectivity index (χ3v) is 5.06. The maximum Gasteiger partial charge on any atom is 0.0931 e. The Balaban J connectivity index is 2.22. The highest BCUT2D eigenvalue weighted by atomic mass is 79.9. The summed E-state index contributed by atoms with van der Waals surface area (Å²) >= 11 is 11.3. The van der Waals surface area contributed by atoms with E-state index in [0.717, 1.165) is 16.7 Å². The van der Waals surface area contributed by atoms with Crippen LogP contribution in [0.3, 0.4) is 0 Å². The summed E-state index contributed by atoms with van der Waals surface area (Å²) in [6, 6.07) is 4.11. The Bertz CT molecular complexity index is 270. The predicted molar refractivity (Wildman–Crippen MR) is 69.8 cm³/mol. The van der Waals surface area contributed by atoms with E-state index in [2.05, 4.69) is 35.8 Å². The molecule has 0 N–H and O–H groups in total. The van der Waals surface area contributed by atoms with Crippen LogP contribution >= 0.6 is 38.9 Å². The van der Waals surface area contributed by atoms with Crippen molar-refractivity contribution in [3.63, 3.8) is 0 Å². The van der Waals surface area contributed by atoms with Crippen LogP contribution in [0.25, 0.3) is 0 Å². The monoisotopic (exact) mass is 294 g/mol. The molecule has 1 aromatic rings. The summed E-state index contributed by atoms with van der Waals surface area (Å²) in [7, 11) is 0. The molecule has 1 aromatic heterocycles. The van der Waals surface area contributed by atoms with E-state index in [1.807, 2.05) is 6.07 Å². The molecule has 1 rings (SSSR count). The minimum atomic E-state index is 0.651. The lowest BCUT2D eigenvalue weighted by Crippen LogP contribution is -2.06. The maximum absolute atomic E-state index is 5.86. The molecule has 80 valence electrons. The van der Waals surface area contributed by atoms with Gasteiger partial charge in [-0.15, -0.1) is 11.3 Å². The molecule has 1 atom stereocenters. The molecular formula is C11H16BrClS. The van der Waals surface area contributed by atoms with E-state index < -0.39 is 0 Å². The highest BCUT2D eigenvalue weighted by Crippen LogP contribution is 2.24. The van der Waals surface area contributed by atoms with Gasteiger partial charge in [0.05, 0.1) is 4.34 Å². The first-order valence-electron chi connectivity index (χ1n) is 4.98. The summed E-state index contributed by atoms with van der Waals surface area (Å²) in [6.45, 7) is 4.50. The number of thiophene rings is 1. The van der Waals surface area contributed by atoms with Crippen LogP contribution in [0.4, 0.5) is 0 Å². The molecule has 0 aliphatic carbocycles. The Morgan fingerprint density at radius 2 is 2.14 bits per heavy atom. The average Bonchev–Trinajstić information content (AvgIpc) is 2.51. The van der Waals surface area contributed by atoms with E-state index in [-0.39, 0.29) is 0 Å². The number of alkyl halides is 1. The molecule has 0 saturated carbocycles. The van der Waals surface area contributed by atoms with Crippen molar-refractivity contribution in [1.82, 2.24) is 0 Å². The Kier molecular flexibility index (Phi) is 5.50. The summed E-state index contributed by atoms with van der Waals surface area (Å²) in [5.74, 6) is 0.724. The highest BCUT2D eigenvalue weighted by Gasteiger charge is 2.08. The molecule has 0 aliphatic heterocycles. The van der Waals surface area contributed by atoms with Gasteiger partial charge in [0.25, 0.3) is 0 Å². The van der Waals surface area contributed by atoms with E-state index in [4.69, 9.17) is 11.6 Å². The Morgan fingerprint density at radius 3 is 2.64 bits per heavy atom. The van der Waals surface area contributed by atoms with Gasteiger partial charge in [-0.05, 0) is 37.3 Å². The number of rotatable bonds is 5. The van der Waals surface area contributed by atoms with Gasteiger partial charge in [-0.3, -0.25) is 0 Å². The van der Waals surface area contributed by atoms with E-state index in [1.54, 1.807) is 11.3 Å². The van der Waals surface area contributed by atoms with Gasteiger partial charge in [0.2, 0.25) is 0 Å². The maximum atomic E-state index is 5.86. The van der Waals surface area contributed by atoms with Crippen molar-refractivity contribution in [2.45, 2.75) is 37.9 Å². The molecule has 0 aliphatic rings. The van der Waals surface area contributed by atoms with Gasteiger partial charge in [-0.25, -0.2) is 0 Å². The Hall–Kier alpha value is 0.470. The van der Waals surface area contributed by atoms with Crippen molar-refractivity contribution < 1.29 is 0 Å². The number of halogens is 2. The van der Waals surface area contributed by atoms with Crippen LogP contribution in [0.15, 0.2) is 12.1 Å². The van der Waals surface area contributed by atoms with Crippen LogP contribution in [0.5, 0.6) is 0 Å². The van der Waals surface area contributed by atoms with Crippen molar-refractivity contribution in [3.05, 3.63) is 21.3 Å². The second kappa shape index (κ2) is 6.14. The zero-order chi connectivity index (χ0) is 10.6. The van der Waals surface area contributed by atoms with Crippen molar-refractivity contribution in [3.8, 4) is 0 Å². The summed E-state index contributed by atoms with van der Waals surface area (Å²) in [5.41, 5.74) is 0. The molecule has 1 heterocycles. The molecule has 0 bridgehead atoms. The van der Waals surface area contributed by atoms with Crippen LogP contribution in [-0.2, 0) is 6.42 Å². The Labute approximate surface area is 104 Å². The Morgan fingerprint density at radius 1 is 1.43 bits per heavy atom. The first-order chi connectivity index (χ1) is 6.59. The molecule has 1 unspecified atom stereocenters. The fraction of sp³-hybridized carbons (Fsp3) is 0.636. The lowest BCUT2D eigenvalue weighted by atomic mass is 10.0. The fourth-order valence-corrected chi connectivity index (χ4v) is 2.74. The normalized spacial score (nSPS) is 13.5. The predicted octanol–water partition coefficient (Wildman–Crippen LogP) is 5.14. The third-order valence-electron chi connectivity index (χ3n) is 2.26. The number of hydrogen-bond donors (Lipinski definition) is 0. The van der Waals surface area contributed by atoms with Gasteiger partial charge in [0.1, 0.15) is 0 Å². The molecule has 0 nitrogen and oxygen atoms in total. The lowest BCUT2D eigenvalue weighted by molar-refractivity contribution is 0.564. The third kappa shape index (κ3) is 4.33. The number of aryl methyl sites for hydroxylation is 1. The molecule has 0 aromatic carbocycles. The van der Waals surface area contributed by atoms with Crippen LogP contribution in [-0.4, -0.2) is 4.83 Å². The smallest absolute Gasteiger partial charge is 0.0931 e. The summed E-state index contributed by atoms with van der Waals surface area (Å²) in [4.78, 5) is 2.05. The van der Waals surface area contributed by atoms with Crippen LogP contribution < -0.4 is 0 Å². The second-order valence-electron chi connectivity index (χ2n) is 3.86. The minimum absolute atomic E-state index is 0.651. The first kappa shape index (κ1) is 12.5. The average molecular weight is 296 g/mol. The van der Waals surface area contributed by atoms with E-state index >= 15 is 0 Å². The fourth-order valence-electron chi connectivity index (χ4n) is 1.29. The SMILES string of the molecule is CC(C)C(Br)CCCc1ccc(Cl)s1. The van der Waals surface area contributed by atoms with Gasteiger partial charge in [-0.2, -0.15) is 0 Å². The molecular weight excluding hydrogens is 280 g/mol. The van der Waals surface area contributed by atoms with Gasteiger partial charge < -0.3 is 0 Å². The zero-order valence-corrected chi connectivity index (χ0v) is 11.8. The van der Waals surface area contributed by atoms with Gasteiger partial charge in [0, 0.05) is 9.70 Å². The van der Waals surface area contributed by atoms with E-state index in [0.29, 0.717) is 4.83 Å². The molecule has 14 heavy (non-hydrogen) atoms. The topological polar surface area (TPSA) is 0 Å². The van der Waals surface area contributed by atoms with Crippen molar-refractivity contribution in [1.29, 1.82) is 0 Å². The summed E-state index contributed by atoms with van der Waals surface area (Å²) < 4.78 is 0.902. The molecule has 0 amide bonds. The van der Waals surface area contributed by atoms with Crippen molar-refractivity contribution in [2.75, 3.05) is 0 Å². The van der Waals surface area contributed by atoms with Crippen molar-refractivity contribution in [2.24, 2.45) is 5.92 Å². The first-order valence-corrected chi connectivity index (χ1v) is 7.09. The van der Waals surface area contributed by atoms with Crippen molar-refractivity contribution >= 4 is 38.9 Å². The second-order valence-corrected chi connectivity index (χ2v) is 6.83. The standard InChI is InChI=1S/C11H16BrClS/c1-8(2)10(12)5-3-4-9-6-7-11(13)14-9/h6-8,10H,3-5H2,1-2H3. The van der Waals surface area contributed by atoms with Crippen LogP contribution in [0.1, 0.15) is 31.6 Å². The van der Waals surface area contributed by atoms with Crippen LogP contribution in [0, 0.1) is 5.92 Å². The van der Waals surface area contributed by atoms with Crippen LogP contribution in [0.2, 0.25) is 4.34 Å². The largest absolute Gasteiger partial charge is 0.128 e. The molecule has 0 fully saturated rings. The molecule has 3 heteroatoms. The summed E-state index contributed by atoms with van der Waals surface area (Å²) in [5, 5.41) is 0. The van der Waals surface area contributed by atoms with Gasteiger partial charge in [0.15, 0.2) is 0 Å². The van der Waals surface area contributed by atoms with Gasteiger partial charge in [-0.1, -0.05) is 41.4 Å². The zero-order valence-electron chi connectivity index (χ0n) is 8.59. The summed E-state index contributed by atoms with van der Waals surface area (Å²) in [6.07, 6.45) is 3.64. The van der Waals surface area contributed by atoms with E-state index in [9.17, 15) is 0 Å². The van der Waals surface area contributed by atoms with E-state index in [1.165, 1.54) is 17.7 Å². The molecule has 0 saturated heterocycles. The minimum Gasteiger partial charge on any atom is -0.128 e. The molecule has 0 spiro atoms. The quantitative estimate of drug-likeness (QED) is 0.660. The molecule has 0 radical (unpaired) electrons. The van der Waals surface area contributed by atoms with Gasteiger partial charge >= 0.3 is 0 Å². The highest BCUT2D eigenvalue weighted by molar-refractivity contribution is 9.09.